The molecule has 0 aliphatic heterocycles. The van der Waals surface area contributed by atoms with Gasteiger partial charge in [0.1, 0.15) is 0 Å². The fraction of sp³-hybridized carbons (Fsp3) is 0.417. The average Bonchev–Trinajstić information content (AvgIpc) is 2.21. The molecule has 0 aromatic heterocycles. The molecule has 0 heterocycles. The van der Waals surface area contributed by atoms with Crippen molar-refractivity contribution >= 4 is 11.7 Å². The number of hydrogen-bond donors (Lipinski definition) is 2. The van der Waals surface area contributed by atoms with Gasteiger partial charge in [-0.05, 0) is 31.0 Å². The van der Waals surface area contributed by atoms with E-state index in [1.807, 2.05) is 6.92 Å². The number of esters is 1. The maximum atomic E-state index is 11.3. The third kappa shape index (κ3) is 3.24. The number of nitrogen functional groups attached to an aromatic ring is 1. The second-order valence-electron chi connectivity index (χ2n) is 3.70. The molecule has 0 aliphatic carbocycles. The molecule has 0 amide bonds. The van der Waals surface area contributed by atoms with Crippen molar-refractivity contribution in [2.24, 2.45) is 0 Å². The molecule has 0 aliphatic rings. The van der Waals surface area contributed by atoms with Crippen LogP contribution in [0.15, 0.2) is 18.2 Å². The van der Waals surface area contributed by atoms with Crippen LogP contribution in [-0.2, 0) is 4.79 Å². The molecule has 3 N–H and O–H groups in total. The number of ether oxygens (including phenoxy) is 1. The van der Waals surface area contributed by atoms with E-state index in [0.29, 0.717) is 23.4 Å². The van der Waals surface area contributed by atoms with Crippen LogP contribution in [0.4, 0.5) is 5.69 Å². The minimum atomic E-state index is -0.581. The predicted octanol–water partition coefficient (Wildman–Crippen LogP) is 2.03. The number of carbonyl (C=O) groups excluding carboxylic acids is 1. The maximum absolute atomic E-state index is 11.3. The second kappa shape index (κ2) is 5.51. The van der Waals surface area contributed by atoms with E-state index in [1.165, 1.54) is 0 Å². The number of aliphatic hydroxyl groups is 1. The molecule has 16 heavy (non-hydrogen) atoms. The molecule has 0 saturated heterocycles. The van der Waals surface area contributed by atoms with Gasteiger partial charge in [-0.15, -0.1) is 0 Å². The van der Waals surface area contributed by atoms with Crippen LogP contribution in [0.5, 0.6) is 5.75 Å². The lowest BCUT2D eigenvalue weighted by Crippen LogP contribution is -2.08. The van der Waals surface area contributed by atoms with E-state index in [9.17, 15) is 9.90 Å². The lowest BCUT2D eigenvalue weighted by molar-refractivity contribution is -0.134. The smallest absolute Gasteiger partial charge is 0.311 e. The van der Waals surface area contributed by atoms with Gasteiger partial charge in [-0.2, -0.15) is 0 Å². The van der Waals surface area contributed by atoms with Crippen molar-refractivity contribution < 1.29 is 14.6 Å². The van der Waals surface area contributed by atoms with Gasteiger partial charge in [-0.3, -0.25) is 4.79 Å². The highest BCUT2D eigenvalue weighted by Crippen LogP contribution is 2.25. The van der Waals surface area contributed by atoms with Crippen molar-refractivity contribution in [2.45, 2.75) is 32.8 Å². The highest BCUT2D eigenvalue weighted by atomic mass is 16.5. The SMILES string of the molecule is CCCC(=O)Oc1ccc(C(C)O)cc1N. The number of anilines is 1. The van der Waals surface area contributed by atoms with Crippen molar-refractivity contribution in [1.82, 2.24) is 0 Å². The zero-order chi connectivity index (χ0) is 12.1. The van der Waals surface area contributed by atoms with E-state index in [1.54, 1.807) is 25.1 Å². The Bertz CT molecular complexity index is 375. The van der Waals surface area contributed by atoms with Crippen LogP contribution >= 0.6 is 0 Å². The number of benzene rings is 1. The van der Waals surface area contributed by atoms with Crippen molar-refractivity contribution in [1.29, 1.82) is 0 Å². The lowest BCUT2D eigenvalue weighted by atomic mass is 10.1. The van der Waals surface area contributed by atoms with Crippen molar-refractivity contribution in [3.63, 3.8) is 0 Å². The second-order valence-corrected chi connectivity index (χ2v) is 3.70. The summed E-state index contributed by atoms with van der Waals surface area (Å²) in [4.78, 5) is 11.3. The first kappa shape index (κ1) is 12.5. The van der Waals surface area contributed by atoms with Crippen LogP contribution < -0.4 is 10.5 Å². The van der Waals surface area contributed by atoms with Gasteiger partial charge < -0.3 is 15.6 Å². The summed E-state index contributed by atoms with van der Waals surface area (Å²) in [6.07, 6.45) is 0.532. The van der Waals surface area contributed by atoms with Gasteiger partial charge in [0.05, 0.1) is 11.8 Å². The Balaban J connectivity index is 2.79. The van der Waals surface area contributed by atoms with E-state index >= 15 is 0 Å². The van der Waals surface area contributed by atoms with E-state index in [4.69, 9.17) is 10.5 Å². The first-order valence-electron chi connectivity index (χ1n) is 5.32. The summed E-state index contributed by atoms with van der Waals surface area (Å²) in [6.45, 7) is 3.55. The van der Waals surface area contributed by atoms with Crippen molar-refractivity contribution in [3.8, 4) is 5.75 Å². The number of hydrogen-bond acceptors (Lipinski definition) is 4. The molecular formula is C12H17NO3. The van der Waals surface area contributed by atoms with Crippen LogP contribution in [0.2, 0.25) is 0 Å². The van der Waals surface area contributed by atoms with E-state index < -0.39 is 6.10 Å². The molecule has 0 saturated carbocycles. The van der Waals surface area contributed by atoms with Crippen LogP contribution in [-0.4, -0.2) is 11.1 Å². The molecule has 1 atom stereocenters. The average molecular weight is 223 g/mol. The number of carbonyl (C=O) groups is 1. The molecule has 0 radical (unpaired) electrons. The Kier molecular flexibility index (Phi) is 4.31. The lowest BCUT2D eigenvalue weighted by Gasteiger charge is -2.10. The fourth-order valence-corrected chi connectivity index (χ4v) is 1.30. The van der Waals surface area contributed by atoms with Gasteiger partial charge in [0, 0.05) is 6.42 Å². The largest absolute Gasteiger partial charge is 0.424 e. The highest BCUT2D eigenvalue weighted by molar-refractivity contribution is 5.74. The zero-order valence-electron chi connectivity index (χ0n) is 9.56. The molecule has 0 bridgehead atoms. The highest BCUT2D eigenvalue weighted by Gasteiger charge is 2.09. The summed E-state index contributed by atoms with van der Waals surface area (Å²) in [6, 6.07) is 4.90. The first-order valence-corrected chi connectivity index (χ1v) is 5.32. The summed E-state index contributed by atoms with van der Waals surface area (Å²) < 4.78 is 5.07. The molecule has 1 unspecified atom stereocenters. The summed E-state index contributed by atoms with van der Waals surface area (Å²) in [5, 5.41) is 9.34. The third-order valence-corrected chi connectivity index (χ3v) is 2.19. The van der Waals surface area contributed by atoms with E-state index in [-0.39, 0.29) is 5.97 Å². The van der Waals surface area contributed by atoms with E-state index in [0.717, 1.165) is 6.42 Å². The van der Waals surface area contributed by atoms with Gasteiger partial charge in [0.15, 0.2) is 5.75 Å². The van der Waals surface area contributed by atoms with Gasteiger partial charge in [0.25, 0.3) is 0 Å². The van der Waals surface area contributed by atoms with Crippen LogP contribution in [0.25, 0.3) is 0 Å². The minimum Gasteiger partial charge on any atom is -0.424 e. The first-order chi connectivity index (χ1) is 7.54. The summed E-state index contributed by atoms with van der Waals surface area (Å²) in [5.74, 6) is 0.0573. The Morgan fingerprint density at radius 3 is 2.75 bits per heavy atom. The van der Waals surface area contributed by atoms with Gasteiger partial charge in [-0.1, -0.05) is 13.0 Å². The van der Waals surface area contributed by atoms with E-state index in [2.05, 4.69) is 0 Å². The summed E-state index contributed by atoms with van der Waals surface area (Å²) in [7, 11) is 0. The van der Waals surface area contributed by atoms with Gasteiger partial charge >= 0.3 is 5.97 Å². The third-order valence-electron chi connectivity index (χ3n) is 2.19. The number of aliphatic hydroxyl groups excluding tert-OH is 1. The number of nitrogens with two attached hydrogens (primary N) is 1. The molecule has 1 rings (SSSR count). The van der Waals surface area contributed by atoms with Crippen molar-refractivity contribution in [3.05, 3.63) is 23.8 Å². The Hall–Kier alpha value is -1.55. The Morgan fingerprint density at radius 2 is 2.25 bits per heavy atom. The molecular weight excluding hydrogens is 206 g/mol. The molecule has 4 heteroatoms. The van der Waals surface area contributed by atoms with Crippen molar-refractivity contribution in [2.75, 3.05) is 5.73 Å². The zero-order valence-corrected chi connectivity index (χ0v) is 9.56. The summed E-state index contributed by atoms with van der Waals surface area (Å²) >= 11 is 0. The maximum Gasteiger partial charge on any atom is 0.311 e. The molecule has 0 fully saturated rings. The van der Waals surface area contributed by atoms with Crippen LogP contribution in [0, 0.1) is 0 Å². The standard InChI is InChI=1S/C12H17NO3/c1-3-4-12(15)16-11-6-5-9(8(2)14)7-10(11)13/h5-8,14H,3-4,13H2,1-2H3. The molecule has 1 aromatic rings. The van der Waals surface area contributed by atoms with Gasteiger partial charge in [0.2, 0.25) is 0 Å². The molecule has 1 aromatic carbocycles. The normalized spacial score (nSPS) is 12.2. The predicted molar refractivity (Wildman–Crippen MR) is 62.0 cm³/mol. The monoisotopic (exact) mass is 223 g/mol. The minimum absolute atomic E-state index is 0.293. The Labute approximate surface area is 95.0 Å². The Morgan fingerprint density at radius 1 is 1.56 bits per heavy atom. The van der Waals surface area contributed by atoms with Crippen LogP contribution in [0.3, 0.4) is 0 Å². The quantitative estimate of drug-likeness (QED) is 0.465. The topological polar surface area (TPSA) is 72.5 Å². The summed E-state index contributed by atoms with van der Waals surface area (Å²) in [5.41, 5.74) is 6.78. The molecule has 0 spiro atoms. The number of rotatable bonds is 4. The molecule has 4 nitrogen and oxygen atoms in total. The van der Waals surface area contributed by atoms with Gasteiger partial charge in [-0.25, -0.2) is 0 Å². The molecule has 88 valence electrons. The fourth-order valence-electron chi connectivity index (χ4n) is 1.30. The van der Waals surface area contributed by atoms with Crippen LogP contribution in [0.1, 0.15) is 38.4 Å².